The fraction of sp³-hybridized carbons (Fsp3) is 0.333. The molecule has 8 heteroatoms. The molecule has 0 saturated heterocycles. The van der Waals surface area contributed by atoms with Crippen LogP contribution in [-0.4, -0.2) is 30.1 Å². The van der Waals surface area contributed by atoms with E-state index in [1.165, 1.54) is 12.1 Å². The Morgan fingerprint density at radius 2 is 1.81 bits per heavy atom. The van der Waals surface area contributed by atoms with Crippen molar-refractivity contribution >= 4 is 10.1 Å². The smallest absolute Gasteiger partial charge is 0.523 e. The Morgan fingerprint density at radius 3 is 2.27 bits per heavy atom. The lowest BCUT2D eigenvalue weighted by Gasteiger charge is -2.11. The molecule has 26 heavy (non-hydrogen) atoms. The molecule has 0 radical (unpaired) electrons. The molecule has 0 bridgehead atoms. The fourth-order valence-electron chi connectivity index (χ4n) is 2.03. The molecule has 1 N–H and O–H groups in total. The standard InChI is InChI=1S/C11H16IO3.C7H8O3S/c1-4-15-10-7-5-6-9(8(2)14-3)11(10)12-13;1-6-2-4-7(5-3-6)11(8,9)10/h5-8,13H,4H2,1-3H3;2-5H,1H3,(H,8,9,10)/q+1;/p-1/t8-;/m0./s1. The molecule has 0 aliphatic carbocycles. The third kappa shape index (κ3) is 6.84. The predicted molar refractivity (Wildman–Crippen MR) is 93.1 cm³/mol. The van der Waals surface area contributed by atoms with Crippen molar-refractivity contribution in [1.82, 2.24) is 0 Å². The van der Waals surface area contributed by atoms with Crippen LogP contribution in [-0.2, 0) is 14.9 Å². The van der Waals surface area contributed by atoms with Crippen molar-refractivity contribution in [2.75, 3.05) is 13.7 Å². The first-order valence-electron chi connectivity index (χ1n) is 7.84. The van der Waals surface area contributed by atoms with Crippen LogP contribution >= 0.6 is 0 Å². The van der Waals surface area contributed by atoms with Gasteiger partial charge in [0.25, 0.3) is 3.57 Å². The van der Waals surface area contributed by atoms with Gasteiger partial charge in [0.2, 0.25) is 0 Å². The number of rotatable bonds is 6. The normalized spacial score (nSPS) is 12.1. The average molecular weight is 494 g/mol. The lowest BCUT2D eigenvalue weighted by Crippen LogP contribution is -3.61. The van der Waals surface area contributed by atoms with Gasteiger partial charge in [-0.25, -0.2) is 8.42 Å². The molecule has 144 valence electrons. The number of ether oxygens (including phenoxy) is 2. The van der Waals surface area contributed by atoms with Crippen molar-refractivity contribution in [1.29, 1.82) is 0 Å². The summed E-state index contributed by atoms with van der Waals surface area (Å²) in [6.07, 6.45) is -0.00717. The van der Waals surface area contributed by atoms with Crippen molar-refractivity contribution in [3.05, 3.63) is 57.2 Å². The maximum absolute atomic E-state index is 10.4. The van der Waals surface area contributed by atoms with E-state index in [0.29, 0.717) is 6.61 Å². The van der Waals surface area contributed by atoms with Gasteiger partial charge in [0.15, 0.2) is 5.75 Å². The van der Waals surface area contributed by atoms with Crippen LogP contribution in [0.25, 0.3) is 0 Å². The Labute approximate surface area is 165 Å². The van der Waals surface area contributed by atoms with Gasteiger partial charge in [0.1, 0.15) is 10.1 Å². The molecule has 0 aliphatic rings. The second kappa shape index (κ2) is 10.8. The van der Waals surface area contributed by atoms with Crippen LogP contribution in [0.1, 0.15) is 31.1 Å². The molecule has 0 unspecified atom stereocenters. The van der Waals surface area contributed by atoms with Crippen LogP contribution in [0, 0.1) is 10.5 Å². The average Bonchev–Trinajstić information content (AvgIpc) is 2.61. The molecule has 6 nitrogen and oxygen atoms in total. The van der Waals surface area contributed by atoms with E-state index in [0.717, 1.165) is 20.4 Å². The highest BCUT2D eigenvalue weighted by Gasteiger charge is 2.25. The van der Waals surface area contributed by atoms with Crippen molar-refractivity contribution in [2.45, 2.75) is 31.8 Å². The minimum Gasteiger partial charge on any atom is -0.744 e. The van der Waals surface area contributed by atoms with Crippen molar-refractivity contribution in [3.63, 3.8) is 0 Å². The molecule has 0 aliphatic heterocycles. The molecule has 0 amide bonds. The maximum atomic E-state index is 10.4. The summed E-state index contributed by atoms with van der Waals surface area (Å²) < 4.78 is 52.3. The van der Waals surface area contributed by atoms with Gasteiger partial charge in [-0.3, -0.25) is 0 Å². The van der Waals surface area contributed by atoms with E-state index in [4.69, 9.17) is 9.47 Å². The molecule has 1 atom stereocenters. The minimum absolute atomic E-state index is 0.00717. The molecule has 0 heterocycles. The summed E-state index contributed by atoms with van der Waals surface area (Å²) in [5.41, 5.74) is 1.95. The Hall–Kier alpha value is -1.20. The van der Waals surface area contributed by atoms with Crippen molar-refractivity contribution < 1.29 is 47.5 Å². The summed E-state index contributed by atoms with van der Waals surface area (Å²) in [7, 11) is -2.61. The highest BCUT2D eigenvalue weighted by molar-refractivity contribution is 7.85. The van der Waals surface area contributed by atoms with Gasteiger partial charge in [-0.05, 0) is 39.0 Å². The number of hydrogen-bond acceptors (Lipinski definition) is 6. The van der Waals surface area contributed by atoms with Crippen LogP contribution < -0.4 is 26.4 Å². The monoisotopic (exact) mass is 494 g/mol. The number of halogens is 1. The topological polar surface area (TPSA) is 95.9 Å². The lowest BCUT2D eigenvalue weighted by atomic mass is 10.1. The summed E-state index contributed by atoms with van der Waals surface area (Å²) >= 11 is -0.991. The van der Waals surface area contributed by atoms with Crippen LogP contribution in [0.5, 0.6) is 5.75 Å². The molecule has 0 aromatic heterocycles. The van der Waals surface area contributed by atoms with Gasteiger partial charge in [-0.1, -0.05) is 29.8 Å². The highest BCUT2D eigenvalue weighted by Crippen LogP contribution is 2.21. The van der Waals surface area contributed by atoms with Crippen LogP contribution in [0.4, 0.5) is 0 Å². The van der Waals surface area contributed by atoms with E-state index < -0.39 is 31.7 Å². The third-order valence-corrected chi connectivity index (χ3v) is 5.97. The second-order valence-corrected chi connectivity index (χ2v) is 8.26. The first-order valence-corrected chi connectivity index (χ1v) is 11.3. The number of benzene rings is 2. The quantitative estimate of drug-likeness (QED) is 0.444. The van der Waals surface area contributed by atoms with E-state index >= 15 is 0 Å². The molecular formula is C18H23IO6S. The zero-order valence-electron chi connectivity index (χ0n) is 15.1. The summed E-state index contributed by atoms with van der Waals surface area (Å²) in [5, 5.41) is 0. The molecule has 0 saturated carbocycles. The number of methoxy groups -OCH3 is 1. The first kappa shape index (κ1) is 22.8. The van der Waals surface area contributed by atoms with Gasteiger partial charge in [0.05, 0.1) is 17.6 Å². The van der Waals surface area contributed by atoms with Gasteiger partial charge < -0.3 is 14.0 Å². The maximum Gasteiger partial charge on any atom is 0.523 e. The Morgan fingerprint density at radius 1 is 1.19 bits per heavy atom. The molecule has 0 spiro atoms. The van der Waals surface area contributed by atoms with E-state index in [2.05, 4.69) is 0 Å². The summed E-state index contributed by atoms with van der Waals surface area (Å²) in [4.78, 5) is -0.178. The van der Waals surface area contributed by atoms with Crippen LogP contribution in [0.3, 0.4) is 0 Å². The van der Waals surface area contributed by atoms with Crippen molar-refractivity contribution in [3.8, 4) is 5.75 Å². The molecule has 0 fully saturated rings. The highest BCUT2D eigenvalue weighted by atomic mass is 127. The molecular weight excluding hydrogens is 471 g/mol. The largest absolute Gasteiger partial charge is 0.744 e. The first-order chi connectivity index (χ1) is 12.2. The third-order valence-electron chi connectivity index (χ3n) is 3.48. The van der Waals surface area contributed by atoms with Gasteiger partial charge in [-0.15, -0.1) is 0 Å². The van der Waals surface area contributed by atoms with E-state index in [1.807, 2.05) is 39.0 Å². The van der Waals surface area contributed by atoms with Gasteiger partial charge >= 0.3 is 21.6 Å². The van der Waals surface area contributed by atoms with E-state index in [1.54, 1.807) is 19.2 Å². The summed E-state index contributed by atoms with van der Waals surface area (Å²) in [6, 6.07) is 11.6. The zero-order chi connectivity index (χ0) is 19.7. The minimum atomic E-state index is -4.27. The summed E-state index contributed by atoms with van der Waals surface area (Å²) in [6.45, 7) is 6.34. The second-order valence-electron chi connectivity index (χ2n) is 5.32. The lowest BCUT2D eigenvalue weighted by molar-refractivity contribution is -0.867. The Balaban J connectivity index is 0.000000273. The molecule has 2 aromatic rings. The zero-order valence-corrected chi connectivity index (χ0v) is 18.1. The van der Waals surface area contributed by atoms with E-state index in [-0.39, 0.29) is 11.0 Å². The molecule has 2 rings (SSSR count). The summed E-state index contributed by atoms with van der Waals surface area (Å²) in [5.74, 6) is 0.786. The van der Waals surface area contributed by atoms with E-state index in [9.17, 15) is 16.4 Å². The van der Waals surface area contributed by atoms with Gasteiger partial charge in [0, 0.05) is 12.7 Å². The Bertz CT molecular complexity index is 790. The predicted octanol–water partition coefficient (Wildman–Crippen LogP) is -0.142. The Kier molecular flexibility index (Phi) is 9.51. The molecule has 2 aromatic carbocycles. The SMILES string of the molecule is CCOc1cccc([C@H](C)OC)c1[I+]O.Cc1ccc(S(=O)(=O)[O-])cc1. The number of aryl methyl sites for hydroxylation is 1. The van der Waals surface area contributed by atoms with Crippen molar-refractivity contribution in [2.24, 2.45) is 0 Å². The number of hydrogen-bond donors (Lipinski definition) is 1. The van der Waals surface area contributed by atoms with Gasteiger partial charge in [-0.2, -0.15) is 3.44 Å². The van der Waals surface area contributed by atoms with Crippen LogP contribution in [0.2, 0.25) is 0 Å². The fourth-order valence-corrected chi connectivity index (χ4v) is 3.97. The van der Waals surface area contributed by atoms with Crippen LogP contribution in [0.15, 0.2) is 47.4 Å².